The Labute approximate surface area is 103 Å². The number of amides is 1. The van der Waals surface area contributed by atoms with Crippen LogP contribution in [0, 0.1) is 10.8 Å². The minimum atomic E-state index is -0.590. The molecule has 0 unspecified atom stereocenters. The number of hydrogen-bond acceptors (Lipinski definition) is 4. The van der Waals surface area contributed by atoms with E-state index < -0.39 is 10.8 Å². The molecule has 0 rings (SSSR count). The predicted octanol–water partition coefficient (Wildman–Crippen LogP) is 0.547. The van der Waals surface area contributed by atoms with Gasteiger partial charge < -0.3 is 15.4 Å². The molecule has 0 fully saturated rings. The molecule has 0 spiro atoms. The number of rotatable bonds is 6. The fourth-order valence-electron chi connectivity index (χ4n) is 1.45. The molecule has 5 nitrogen and oxygen atoms in total. The third-order valence-corrected chi connectivity index (χ3v) is 2.71. The molecule has 0 saturated heterocycles. The van der Waals surface area contributed by atoms with Crippen LogP contribution in [0.3, 0.4) is 0 Å². The lowest BCUT2D eigenvalue weighted by Gasteiger charge is -2.27. The lowest BCUT2D eigenvalue weighted by atomic mass is 9.90. The van der Waals surface area contributed by atoms with E-state index in [0.29, 0.717) is 13.1 Å². The first-order chi connectivity index (χ1) is 7.67. The van der Waals surface area contributed by atoms with Crippen LogP contribution in [0.1, 0.15) is 27.7 Å². The van der Waals surface area contributed by atoms with Crippen LogP contribution in [0.2, 0.25) is 0 Å². The van der Waals surface area contributed by atoms with E-state index in [0.717, 1.165) is 0 Å². The van der Waals surface area contributed by atoms with Gasteiger partial charge in [-0.3, -0.25) is 9.59 Å². The Hall–Kier alpha value is -1.10. The summed E-state index contributed by atoms with van der Waals surface area (Å²) >= 11 is 0. The smallest absolute Gasteiger partial charge is 0.312 e. The highest BCUT2D eigenvalue weighted by Crippen LogP contribution is 2.17. The second-order valence-electron chi connectivity index (χ2n) is 5.44. The van der Waals surface area contributed by atoms with Crippen molar-refractivity contribution in [2.24, 2.45) is 10.8 Å². The Kier molecular flexibility index (Phi) is 5.61. The topological polar surface area (TPSA) is 67.4 Å². The van der Waals surface area contributed by atoms with Gasteiger partial charge in [-0.15, -0.1) is 0 Å². The summed E-state index contributed by atoms with van der Waals surface area (Å²) in [6, 6.07) is 0. The van der Waals surface area contributed by atoms with Crippen LogP contribution >= 0.6 is 0 Å². The van der Waals surface area contributed by atoms with E-state index in [2.05, 4.69) is 10.6 Å². The summed E-state index contributed by atoms with van der Waals surface area (Å²) in [7, 11) is 2.99. The number of esters is 1. The first-order valence-corrected chi connectivity index (χ1v) is 5.68. The van der Waals surface area contributed by atoms with E-state index in [4.69, 9.17) is 4.74 Å². The zero-order valence-electron chi connectivity index (χ0n) is 11.6. The monoisotopic (exact) mass is 244 g/mol. The van der Waals surface area contributed by atoms with Crippen LogP contribution in [0.4, 0.5) is 0 Å². The minimum absolute atomic E-state index is 0.0270. The van der Waals surface area contributed by atoms with E-state index in [1.54, 1.807) is 20.9 Å². The van der Waals surface area contributed by atoms with Crippen molar-refractivity contribution in [3.8, 4) is 0 Å². The molecule has 0 radical (unpaired) electrons. The molecule has 0 heterocycles. The normalized spacial score (nSPS) is 12.1. The number of hydrogen-bond donors (Lipinski definition) is 2. The fourth-order valence-corrected chi connectivity index (χ4v) is 1.45. The Balaban J connectivity index is 4.24. The molecule has 17 heavy (non-hydrogen) atoms. The van der Waals surface area contributed by atoms with E-state index in [9.17, 15) is 9.59 Å². The molecule has 0 aliphatic carbocycles. The lowest BCUT2D eigenvalue weighted by molar-refractivity contribution is -0.150. The molecular weight excluding hydrogens is 220 g/mol. The van der Waals surface area contributed by atoms with Crippen molar-refractivity contribution in [1.82, 2.24) is 10.6 Å². The summed E-state index contributed by atoms with van der Waals surface area (Å²) in [5.74, 6) is -0.288. The summed E-state index contributed by atoms with van der Waals surface area (Å²) in [4.78, 5) is 23.0. The summed E-state index contributed by atoms with van der Waals surface area (Å²) in [5.41, 5.74) is -1.09. The van der Waals surface area contributed by atoms with Gasteiger partial charge in [0, 0.05) is 20.1 Å². The van der Waals surface area contributed by atoms with Gasteiger partial charge in [-0.1, -0.05) is 0 Å². The molecule has 0 atom stereocenters. The minimum Gasteiger partial charge on any atom is -0.469 e. The average molecular weight is 244 g/mol. The quantitative estimate of drug-likeness (QED) is 0.670. The highest BCUT2D eigenvalue weighted by atomic mass is 16.5. The van der Waals surface area contributed by atoms with Crippen molar-refractivity contribution in [3.05, 3.63) is 0 Å². The van der Waals surface area contributed by atoms with Gasteiger partial charge in [-0.2, -0.15) is 0 Å². The van der Waals surface area contributed by atoms with Crippen LogP contribution in [0.15, 0.2) is 0 Å². The fraction of sp³-hybridized carbons (Fsp3) is 0.833. The van der Waals surface area contributed by atoms with E-state index in [1.807, 2.05) is 13.8 Å². The molecular formula is C12H24N2O3. The van der Waals surface area contributed by atoms with Gasteiger partial charge in [0.15, 0.2) is 0 Å². The Morgan fingerprint density at radius 3 is 1.94 bits per heavy atom. The molecule has 1 amide bonds. The van der Waals surface area contributed by atoms with Crippen molar-refractivity contribution < 1.29 is 14.3 Å². The number of carbonyl (C=O) groups is 2. The molecule has 2 N–H and O–H groups in total. The number of carbonyl (C=O) groups excluding carboxylic acids is 2. The summed E-state index contributed by atoms with van der Waals surface area (Å²) < 4.78 is 4.71. The van der Waals surface area contributed by atoms with E-state index in [1.165, 1.54) is 7.11 Å². The maximum absolute atomic E-state index is 11.5. The molecule has 0 aliphatic heterocycles. The molecule has 0 aromatic carbocycles. The van der Waals surface area contributed by atoms with Crippen molar-refractivity contribution in [3.63, 3.8) is 0 Å². The molecule has 0 aromatic rings. The maximum atomic E-state index is 11.5. The average Bonchev–Trinajstić information content (AvgIpc) is 2.25. The van der Waals surface area contributed by atoms with Gasteiger partial charge in [0.25, 0.3) is 0 Å². The third kappa shape index (κ3) is 4.73. The SMILES string of the molecule is CNC(=O)C(C)(C)CNCC(C)(C)C(=O)OC. The molecule has 0 bridgehead atoms. The first kappa shape index (κ1) is 15.9. The Bertz CT molecular complexity index is 257. The summed E-state index contributed by atoms with van der Waals surface area (Å²) in [6.07, 6.45) is 0. The molecule has 100 valence electrons. The Morgan fingerprint density at radius 1 is 1.06 bits per heavy atom. The lowest BCUT2D eigenvalue weighted by Crippen LogP contribution is -2.45. The van der Waals surface area contributed by atoms with Gasteiger partial charge in [0.05, 0.1) is 17.9 Å². The van der Waals surface area contributed by atoms with E-state index >= 15 is 0 Å². The van der Waals surface area contributed by atoms with Crippen LogP contribution in [0.25, 0.3) is 0 Å². The summed E-state index contributed by atoms with van der Waals surface area (Å²) in [6.45, 7) is 8.29. The second kappa shape index (κ2) is 6.00. The van der Waals surface area contributed by atoms with Gasteiger partial charge >= 0.3 is 5.97 Å². The van der Waals surface area contributed by atoms with Gasteiger partial charge in [-0.05, 0) is 27.7 Å². The highest BCUT2D eigenvalue weighted by Gasteiger charge is 2.31. The van der Waals surface area contributed by atoms with Gasteiger partial charge in [-0.25, -0.2) is 0 Å². The number of nitrogens with one attached hydrogen (secondary N) is 2. The van der Waals surface area contributed by atoms with Crippen molar-refractivity contribution in [1.29, 1.82) is 0 Å². The molecule has 0 saturated carbocycles. The van der Waals surface area contributed by atoms with E-state index in [-0.39, 0.29) is 11.9 Å². The largest absolute Gasteiger partial charge is 0.469 e. The third-order valence-electron chi connectivity index (χ3n) is 2.71. The standard InChI is InChI=1S/C12H24N2O3/c1-11(2,9(15)13-5)7-14-8-12(3,4)10(16)17-6/h14H,7-8H2,1-6H3,(H,13,15). The maximum Gasteiger partial charge on any atom is 0.312 e. The second-order valence-corrected chi connectivity index (χ2v) is 5.44. The van der Waals surface area contributed by atoms with Gasteiger partial charge in [0.1, 0.15) is 0 Å². The molecule has 0 aromatic heterocycles. The number of methoxy groups -OCH3 is 1. The molecule has 5 heteroatoms. The zero-order chi connectivity index (χ0) is 13.7. The highest BCUT2D eigenvalue weighted by molar-refractivity contribution is 5.81. The van der Waals surface area contributed by atoms with Crippen LogP contribution in [0.5, 0.6) is 0 Å². The molecule has 0 aliphatic rings. The van der Waals surface area contributed by atoms with Crippen molar-refractivity contribution >= 4 is 11.9 Å². The van der Waals surface area contributed by atoms with Crippen LogP contribution in [-0.2, 0) is 14.3 Å². The van der Waals surface area contributed by atoms with Crippen LogP contribution < -0.4 is 10.6 Å². The zero-order valence-corrected chi connectivity index (χ0v) is 11.6. The number of ether oxygens (including phenoxy) is 1. The van der Waals surface area contributed by atoms with Crippen molar-refractivity contribution in [2.75, 3.05) is 27.2 Å². The van der Waals surface area contributed by atoms with Crippen molar-refractivity contribution in [2.45, 2.75) is 27.7 Å². The first-order valence-electron chi connectivity index (χ1n) is 5.68. The van der Waals surface area contributed by atoms with Crippen LogP contribution in [-0.4, -0.2) is 39.1 Å². The predicted molar refractivity (Wildman–Crippen MR) is 66.5 cm³/mol. The summed E-state index contributed by atoms with van der Waals surface area (Å²) in [5, 5.41) is 5.75. The van der Waals surface area contributed by atoms with Gasteiger partial charge in [0.2, 0.25) is 5.91 Å². The Morgan fingerprint density at radius 2 is 1.53 bits per heavy atom.